The number of hydrogen-bond acceptors (Lipinski definition) is 6. The van der Waals surface area contributed by atoms with Crippen LogP contribution < -0.4 is 5.32 Å². The van der Waals surface area contributed by atoms with Gasteiger partial charge in [0.1, 0.15) is 17.9 Å². The molecule has 3 rings (SSSR count). The van der Waals surface area contributed by atoms with Crippen molar-refractivity contribution in [2.75, 3.05) is 11.9 Å². The van der Waals surface area contributed by atoms with Crippen LogP contribution in [0.2, 0.25) is 0 Å². The Bertz CT molecular complexity index is 692. The quantitative estimate of drug-likeness (QED) is 0.733. The van der Waals surface area contributed by atoms with E-state index in [4.69, 9.17) is 9.52 Å². The van der Waals surface area contributed by atoms with E-state index in [9.17, 15) is 0 Å². The summed E-state index contributed by atoms with van der Waals surface area (Å²) in [6, 6.07) is 3.75. The van der Waals surface area contributed by atoms with Crippen molar-refractivity contribution in [2.24, 2.45) is 0 Å². The minimum atomic E-state index is -0.00991. The van der Waals surface area contributed by atoms with E-state index in [-0.39, 0.29) is 12.6 Å². The van der Waals surface area contributed by atoms with E-state index in [1.165, 1.54) is 6.33 Å². The van der Waals surface area contributed by atoms with Gasteiger partial charge in [-0.3, -0.25) is 0 Å². The summed E-state index contributed by atoms with van der Waals surface area (Å²) in [5, 5.41) is 17.3. The fourth-order valence-electron chi connectivity index (χ4n) is 2.08. The first-order chi connectivity index (χ1) is 9.79. The molecule has 0 radical (unpaired) electrons. The molecule has 3 heterocycles. The van der Waals surface area contributed by atoms with E-state index in [0.717, 1.165) is 11.1 Å². The Morgan fingerprint density at radius 2 is 2.35 bits per heavy atom. The first-order valence-corrected chi connectivity index (χ1v) is 6.37. The fraction of sp³-hybridized carbons (Fsp3) is 0.308. The summed E-state index contributed by atoms with van der Waals surface area (Å²) < 4.78 is 7.02. The lowest BCUT2D eigenvalue weighted by molar-refractivity contribution is 0.271. The number of aromatic nitrogens is 4. The van der Waals surface area contributed by atoms with Crippen LogP contribution in [0.25, 0.3) is 11.0 Å². The lowest BCUT2D eigenvalue weighted by Gasteiger charge is -2.12. The van der Waals surface area contributed by atoms with Gasteiger partial charge in [-0.1, -0.05) is 0 Å². The Hall–Kier alpha value is -2.41. The summed E-state index contributed by atoms with van der Waals surface area (Å²) in [6.07, 6.45) is 4.82. The van der Waals surface area contributed by atoms with Crippen LogP contribution in [0.4, 0.5) is 5.82 Å². The predicted octanol–water partition coefficient (Wildman–Crippen LogP) is 1.58. The molecule has 0 spiro atoms. The second-order valence-electron chi connectivity index (χ2n) is 4.43. The van der Waals surface area contributed by atoms with E-state index < -0.39 is 0 Å². The highest BCUT2D eigenvalue weighted by Gasteiger charge is 2.13. The lowest BCUT2D eigenvalue weighted by atomic mass is 10.2. The topological polar surface area (TPSA) is 89.0 Å². The monoisotopic (exact) mass is 273 g/mol. The van der Waals surface area contributed by atoms with Gasteiger partial charge in [0.05, 0.1) is 37.0 Å². The summed E-state index contributed by atoms with van der Waals surface area (Å²) in [6.45, 7) is 2.42. The van der Waals surface area contributed by atoms with Gasteiger partial charge >= 0.3 is 0 Å². The van der Waals surface area contributed by atoms with Gasteiger partial charge in [-0.05, 0) is 19.1 Å². The molecule has 0 aliphatic rings. The fourth-order valence-corrected chi connectivity index (χ4v) is 2.08. The summed E-state index contributed by atoms with van der Waals surface area (Å²) >= 11 is 0. The molecule has 20 heavy (non-hydrogen) atoms. The third kappa shape index (κ3) is 2.23. The molecule has 0 aliphatic carbocycles. The highest BCUT2D eigenvalue weighted by atomic mass is 16.3. The van der Waals surface area contributed by atoms with E-state index in [2.05, 4.69) is 20.4 Å². The molecule has 1 atom stereocenters. The van der Waals surface area contributed by atoms with Crippen molar-refractivity contribution in [2.45, 2.75) is 19.5 Å². The third-order valence-corrected chi connectivity index (χ3v) is 3.07. The Morgan fingerprint density at radius 3 is 3.10 bits per heavy atom. The minimum absolute atomic E-state index is 0.00991. The molecule has 0 fully saturated rings. The van der Waals surface area contributed by atoms with Gasteiger partial charge in [0, 0.05) is 0 Å². The number of rotatable bonds is 5. The zero-order valence-corrected chi connectivity index (χ0v) is 11.0. The summed E-state index contributed by atoms with van der Waals surface area (Å²) in [4.78, 5) is 8.46. The maximum Gasteiger partial charge on any atom is 0.163 e. The molecule has 3 aromatic heterocycles. The molecular formula is C13H15N5O2. The normalized spacial score (nSPS) is 12.7. The molecule has 0 bridgehead atoms. The summed E-state index contributed by atoms with van der Waals surface area (Å²) in [7, 11) is 0. The third-order valence-electron chi connectivity index (χ3n) is 3.07. The van der Waals surface area contributed by atoms with Crippen LogP contribution in [0.15, 0.2) is 35.3 Å². The van der Waals surface area contributed by atoms with Gasteiger partial charge in [-0.2, -0.15) is 5.10 Å². The molecule has 2 N–H and O–H groups in total. The van der Waals surface area contributed by atoms with E-state index >= 15 is 0 Å². The van der Waals surface area contributed by atoms with Crippen molar-refractivity contribution in [1.29, 1.82) is 0 Å². The number of hydrogen-bond donors (Lipinski definition) is 2. The molecular weight excluding hydrogens is 258 g/mol. The molecule has 0 saturated carbocycles. The molecule has 3 aromatic rings. The SMILES string of the molecule is C[C@@H](Nc1ncnc2c1cnn2CCO)c1ccco1. The smallest absolute Gasteiger partial charge is 0.163 e. The number of aliphatic hydroxyl groups is 1. The van der Waals surface area contributed by atoms with Crippen molar-refractivity contribution >= 4 is 16.9 Å². The first-order valence-electron chi connectivity index (χ1n) is 6.37. The number of nitrogens with zero attached hydrogens (tertiary/aromatic N) is 4. The zero-order chi connectivity index (χ0) is 13.9. The Morgan fingerprint density at radius 1 is 1.45 bits per heavy atom. The van der Waals surface area contributed by atoms with Crippen LogP contribution in [-0.2, 0) is 6.54 Å². The van der Waals surface area contributed by atoms with Crippen LogP contribution in [0, 0.1) is 0 Å². The number of fused-ring (bicyclic) bond motifs is 1. The highest BCUT2D eigenvalue weighted by molar-refractivity contribution is 5.86. The summed E-state index contributed by atoms with van der Waals surface area (Å²) in [5.41, 5.74) is 0.697. The Labute approximate surface area is 115 Å². The second-order valence-corrected chi connectivity index (χ2v) is 4.43. The first kappa shape index (κ1) is 12.6. The van der Waals surface area contributed by atoms with Gasteiger partial charge in [-0.25, -0.2) is 14.6 Å². The second kappa shape index (κ2) is 5.30. The van der Waals surface area contributed by atoms with Crippen molar-refractivity contribution in [1.82, 2.24) is 19.7 Å². The van der Waals surface area contributed by atoms with E-state index in [1.807, 2.05) is 19.1 Å². The van der Waals surface area contributed by atoms with Gasteiger partial charge in [0.2, 0.25) is 0 Å². The summed E-state index contributed by atoms with van der Waals surface area (Å²) in [5.74, 6) is 1.53. The Kier molecular flexibility index (Phi) is 3.34. The van der Waals surface area contributed by atoms with Crippen molar-refractivity contribution in [3.05, 3.63) is 36.7 Å². The molecule has 0 unspecified atom stereocenters. The van der Waals surface area contributed by atoms with Gasteiger partial charge in [0.15, 0.2) is 5.65 Å². The highest BCUT2D eigenvalue weighted by Crippen LogP contribution is 2.23. The van der Waals surface area contributed by atoms with E-state index in [1.54, 1.807) is 17.1 Å². The van der Waals surface area contributed by atoms with Crippen molar-refractivity contribution in [3.8, 4) is 0 Å². The molecule has 7 heteroatoms. The van der Waals surface area contributed by atoms with Crippen LogP contribution in [-0.4, -0.2) is 31.5 Å². The Balaban J connectivity index is 1.92. The molecule has 7 nitrogen and oxygen atoms in total. The molecule has 0 aliphatic heterocycles. The number of nitrogens with one attached hydrogen (secondary N) is 1. The average Bonchev–Trinajstić information content (AvgIpc) is 3.09. The maximum absolute atomic E-state index is 9.00. The molecule has 0 saturated heterocycles. The van der Waals surface area contributed by atoms with E-state index in [0.29, 0.717) is 18.0 Å². The molecule has 0 aromatic carbocycles. The van der Waals surface area contributed by atoms with Crippen LogP contribution in [0.3, 0.4) is 0 Å². The largest absolute Gasteiger partial charge is 0.467 e. The standard InChI is InChI=1S/C13H15N5O2/c1-9(11-3-2-6-20-11)17-12-10-7-16-18(4-5-19)13(10)15-8-14-12/h2-3,6-9,19H,4-5H2,1H3,(H,14,15,17)/t9-/m1/s1. The maximum atomic E-state index is 9.00. The van der Waals surface area contributed by atoms with Crippen LogP contribution in [0.1, 0.15) is 18.7 Å². The zero-order valence-electron chi connectivity index (χ0n) is 11.0. The number of furan rings is 1. The van der Waals surface area contributed by atoms with Crippen LogP contribution >= 0.6 is 0 Å². The van der Waals surface area contributed by atoms with Crippen LogP contribution in [0.5, 0.6) is 0 Å². The van der Waals surface area contributed by atoms with Gasteiger partial charge < -0.3 is 14.8 Å². The molecule has 0 amide bonds. The number of aliphatic hydroxyl groups excluding tert-OH is 1. The number of anilines is 1. The predicted molar refractivity (Wildman–Crippen MR) is 73.2 cm³/mol. The van der Waals surface area contributed by atoms with Gasteiger partial charge in [0.25, 0.3) is 0 Å². The van der Waals surface area contributed by atoms with Crippen molar-refractivity contribution in [3.63, 3.8) is 0 Å². The van der Waals surface area contributed by atoms with Gasteiger partial charge in [-0.15, -0.1) is 0 Å². The van der Waals surface area contributed by atoms with Crippen molar-refractivity contribution < 1.29 is 9.52 Å². The minimum Gasteiger partial charge on any atom is -0.467 e. The average molecular weight is 273 g/mol. The molecule has 104 valence electrons. The lowest BCUT2D eigenvalue weighted by Crippen LogP contribution is -2.08.